The van der Waals surface area contributed by atoms with Gasteiger partial charge in [0.1, 0.15) is 5.82 Å². The van der Waals surface area contributed by atoms with E-state index in [1.165, 1.54) is 12.1 Å². The Morgan fingerprint density at radius 1 is 0.971 bits per heavy atom. The highest BCUT2D eigenvalue weighted by Gasteiger charge is 2.34. The normalized spacial score (nSPS) is 16.1. The first kappa shape index (κ1) is 22.3. The average Bonchev–Trinajstić information content (AvgIpc) is 3.30. The molecule has 0 saturated heterocycles. The number of nitrogens with zero attached hydrogens (tertiary/aromatic N) is 3. The minimum absolute atomic E-state index is 0.319. The van der Waals surface area contributed by atoms with Gasteiger partial charge in [-0.2, -0.15) is 4.98 Å². The van der Waals surface area contributed by atoms with Gasteiger partial charge in [0.25, 0.3) is 5.89 Å². The molecule has 0 aliphatic carbocycles. The number of rotatable bonds is 4. The second-order valence-electron chi connectivity index (χ2n) is 8.03. The molecule has 0 radical (unpaired) electrons. The summed E-state index contributed by atoms with van der Waals surface area (Å²) in [5.74, 6) is 0.543. The maximum atomic E-state index is 13.6. The van der Waals surface area contributed by atoms with E-state index in [9.17, 15) is 4.39 Å². The van der Waals surface area contributed by atoms with E-state index in [1.54, 1.807) is 12.1 Å². The number of anilines is 1. The van der Waals surface area contributed by atoms with Gasteiger partial charge in [-0.3, -0.25) is 4.90 Å². The van der Waals surface area contributed by atoms with Crippen molar-refractivity contribution in [2.75, 3.05) is 4.90 Å². The van der Waals surface area contributed by atoms with Crippen LogP contribution in [-0.4, -0.2) is 15.3 Å². The lowest BCUT2D eigenvalue weighted by Crippen LogP contribution is -2.46. The van der Waals surface area contributed by atoms with E-state index >= 15 is 0 Å². The zero-order valence-electron chi connectivity index (χ0n) is 18.4. The number of hydrogen-bond acceptors (Lipinski definition) is 4. The lowest BCUT2D eigenvalue weighted by molar-refractivity contribution is 0.404. The van der Waals surface area contributed by atoms with Gasteiger partial charge in [-0.1, -0.05) is 58.7 Å². The van der Waals surface area contributed by atoms with Crippen LogP contribution in [0.2, 0.25) is 5.02 Å². The molecule has 3 aromatic carbocycles. The molecule has 1 aliphatic rings. The summed E-state index contributed by atoms with van der Waals surface area (Å²) in [6, 6.07) is 21.3. The Kier molecular flexibility index (Phi) is 5.89. The summed E-state index contributed by atoms with van der Waals surface area (Å²) in [6.45, 7) is 3.96. The van der Waals surface area contributed by atoms with E-state index in [0.29, 0.717) is 21.9 Å². The van der Waals surface area contributed by atoms with E-state index in [4.69, 9.17) is 33.3 Å². The van der Waals surface area contributed by atoms with Crippen molar-refractivity contribution in [2.45, 2.75) is 19.9 Å². The zero-order chi connectivity index (χ0) is 23.8. The predicted octanol–water partition coefficient (Wildman–Crippen LogP) is 6.70. The molecule has 5 rings (SSSR count). The molecule has 1 N–H and O–H groups in total. The minimum Gasteiger partial charge on any atom is -0.351 e. The van der Waals surface area contributed by atoms with Crippen LogP contribution < -0.4 is 10.2 Å². The lowest BCUT2D eigenvalue weighted by Gasteiger charge is -2.37. The molecule has 1 atom stereocenters. The van der Waals surface area contributed by atoms with Crippen LogP contribution in [0.4, 0.5) is 10.1 Å². The first-order valence-electron chi connectivity index (χ1n) is 10.6. The number of aryl methyl sites for hydroxylation is 1. The van der Waals surface area contributed by atoms with E-state index < -0.39 is 0 Å². The van der Waals surface area contributed by atoms with Crippen LogP contribution in [0.1, 0.15) is 30.0 Å². The fourth-order valence-electron chi connectivity index (χ4n) is 3.98. The third kappa shape index (κ3) is 4.20. The third-order valence-electron chi connectivity index (χ3n) is 5.74. The molecule has 1 unspecified atom stereocenters. The molecule has 0 saturated carbocycles. The summed E-state index contributed by atoms with van der Waals surface area (Å²) < 4.78 is 19.3. The van der Waals surface area contributed by atoms with Crippen LogP contribution in [0.5, 0.6) is 0 Å². The summed E-state index contributed by atoms with van der Waals surface area (Å²) in [7, 11) is 0. The van der Waals surface area contributed by atoms with Gasteiger partial charge in [0.15, 0.2) is 5.11 Å². The molecule has 5 nitrogen and oxygen atoms in total. The third-order valence-corrected chi connectivity index (χ3v) is 6.29. The number of halogens is 2. The van der Waals surface area contributed by atoms with Crippen molar-refractivity contribution in [3.63, 3.8) is 0 Å². The molecule has 1 aromatic heterocycles. The van der Waals surface area contributed by atoms with E-state index in [2.05, 4.69) is 10.5 Å². The second kappa shape index (κ2) is 9.00. The predicted molar refractivity (Wildman–Crippen MR) is 136 cm³/mol. The maximum absolute atomic E-state index is 13.6. The molecule has 8 heteroatoms. The lowest BCUT2D eigenvalue weighted by atomic mass is 9.94. The van der Waals surface area contributed by atoms with Crippen molar-refractivity contribution >= 4 is 40.2 Å². The van der Waals surface area contributed by atoms with Gasteiger partial charge in [-0.05, 0) is 68.0 Å². The van der Waals surface area contributed by atoms with Crippen molar-refractivity contribution in [2.24, 2.45) is 0 Å². The van der Waals surface area contributed by atoms with Crippen molar-refractivity contribution < 1.29 is 8.91 Å². The maximum Gasteiger partial charge on any atom is 0.258 e. The Morgan fingerprint density at radius 2 is 1.65 bits per heavy atom. The highest BCUT2D eigenvalue weighted by atomic mass is 35.5. The van der Waals surface area contributed by atoms with Crippen molar-refractivity contribution in [3.05, 3.63) is 106 Å². The number of nitrogens with one attached hydrogen (secondary N) is 1. The standard InChI is InChI=1S/C26H20ClFN4OS/c1-15-3-5-18(6-4-15)24-30-25(33-31-24)22-16(2)32(21-13-11-20(28)12-14-21)26(34)29-23(22)17-7-9-19(27)10-8-17/h3-14,23H,1-2H3,(H,29,34). The van der Waals surface area contributed by atoms with Gasteiger partial charge in [0.05, 0.1) is 11.6 Å². The van der Waals surface area contributed by atoms with Crippen molar-refractivity contribution in [1.82, 2.24) is 15.5 Å². The van der Waals surface area contributed by atoms with Crippen molar-refractivity contribution in [3.8, 4) is 11.4 Å². The molecule has 0 spiro atoms. The van der Waals surface area contributed by atoms with Crippen LogP contribution in [0.25, 0.3) is 17.0 Å². The van der Waals surface area contributed by atoms with Gasteiger partial charge in [0.2, 0.25) is 5.82 Å². The Morgan fingerprint density at radius 3 is 2.32 bits per heavy atom. The van der Waals surface area contributed by atoms with E-state index in [1.807, 2.05) is 67.3 Å². The van der Waals surface area contributed by atoms with Crippen LogP contribution >= 0.6 is 23.8 Å². The van der Waals surface area contributed by atoms with E-state index in [0.717, 1.165) is 33.6 Å². The van der Waals surface area contributed by atoms with Gasteiger partial charge in [0, 0.05) is 22.0 Å². The summed E-state index contributed by atoms with van der Waals surface area (Å²) >= 11 is 11.8. The van der Waals surface area contributed by atoms with Crippen molar-refractivity contribution in [1.29, 1.82) is 0 Å². The fraction of sp³-hybridized carbons (Fsp3) is 0.115. The monoisotopic (exact) mass is 490 g/mol. The SMILES string of the molecule is CC1=C(c2nc(-c3ccc(C)cc3)no2)C(c2ccc(Cl)cc2)NC(=S)N1c1ccc(F)cc1. The molecular formula is C26H20ClFN4OS. The van der Waals surface area contributed by atoms with Crippen LogP contribution in [0.3, 0.4) is 0 Å². The first-order chi connectivity index (χ1) is 16.4. The van der Waals surface area contributed by atoms with Crippen LogP contribution in [0, 0.1) is 12.7 Å². The largest absolute Gasteiger partial charge is 0.351 e. The Labute approximate surface area is 206 Å². The molecule has 4 aromatic rings. The molecule has 0 amide bonds. The molecule has 170 valence electrons. The second-order valence-corrected chi connectivity index (χ2v) is 8.86. The summed E-state index contributed by atoms with van der Waals surface area (Å²) in [5, 5.41) is 8.73. The smallest absolute Gasteiger partial charge is 0.258 e. The number of aromatic nitrogens is 2. The topological polar surface area (TPSA) is 54.2 Å². The molecular weight excluding hydrogens is 471 g/mol. The average molecular weight is 491 g/mol. The molecule has 34 heavy (non-hydrogen) atoms. The fourth-order valence-corrected chi connectivity index (χ4v) is 4.47. The molecule has 0 bridgehead atoms. The highest BCUT2D eigenvalue weighted by Crippen LogP contribution is 2.39. The summed E-state index contributed by atoms with van der Waals surface area (Å²) in [5.41, 5.74) is 5.24. The number of allylic oxidation sites excluding steroid dienone is 1. The Balaban J connectivity index is 1.64. The van der Waals surface area contributed by atoms with Crippen LogP contribution in [0.15, 0.2) is 83.0 Å². The van der Waals surface area contributed by atoms with Crippen LogP contribution in [-0.2, 0) is 0 Å². The molecule has 2 heterocycles. The van der Waals surface area contributed by atoms with Gasteiger partial charge in [-0.25, -0.2) is 4.39 Å². The quantitative estimate of drug-likeness (QED) is 0.321. The van der Waals surface area contributed by atoms with Gasteiger partial charge < -0.3 is 9.84 Å². The first-order valence-corrected chi connectivity index (χ1v) is 11.4. The number of benzene rings is 3. The molecule has 0 fully saturated rings. The Hall–Kier alpha value is -3.55. The number of thiocarbonyl (C=S) groups is 1. The minimum atomic E-state index is -0.340. The molecule has 1 aliphatic heterocycles. The highest BCUT2D eigenvalue weighted by molar-refractivity contribution is 7.80. The summed E-state index contributed by atoms with van der Waals surface area (Å²) in [6.07, 6.45) is 0. The van der Waals surface area contributed by atoms with Gasteiger partial charge >= 0.3 is 0 Å². The Bertz CT molecular complexity index is 1380. The zero-order valence-corrected chi connectivity index (χ0v) is 20.0. The summed E-state index contributed by atoms with van der Waals surface area (Å²) in [4.78, 5) is 6.55. The van der Waals surface area contributed by atoms with E-state index in [-0.39, 0.29) is 11.9 Å². The number of hydrogen-bond donors (Lipinski definition) is 1. The van der Waals surface area contributed by atoms with Gasteiger partial charge in [-0.15, -0.1) is 0 Å².